The summed E-state index contributed by atoms with van der Waals surface area (Å²) >= 11 is 1.58. The zero-order valence-corrected chi connectivity index (χ0v) is 19.6. The van der Waals surface area contributed by atoms with Crippen molar-refractivity contribution >= 4 is 23.4 Å². The summed E-state index contributed by atoms with van der Waals surface area (Å²) in [5.74, 6) is 0.106. The van der Waals surface area contributed by atoms with Crippen LogP contribution in [0, 0.1) is 0 Å². The van der Waals surface area contributed by atoms with Gasteiger partial charge < -0.3 is 9.67 Å². The Labute approximate surface area is 198 Å². The topological polar surface area (TPSA) is 55.1 Å². The van der Waals surface area contributed by atoms with E-state index in [-0.39, 0.29) is 0 Å². The molecule has 0 unspecified atom stereocenters. The number of aryl methyl sites for hydroxylation is 1. The van der Waals surface area contributed by atoms with Crippen molar-refractivity contribution in [3.8, 4) is 11.1 Å². The molecule has 2 aromatic carbocycles. The van der Waals surface area contributed by atoms with E-state index in [2.05, 4.69) is 52.9 Å². The van der Waals surface area contributed by atoms with E-state index in [0.717, 1.165) is 41.2 Å². The smallest absolute Gasteiger partial charge is 0.332 e. The average Bonchev–Trinajstić information content (AvgIpc) is 3.48. The van der Waals surface area contributed by atoms with Crippen molar-refractivity contribution in [2.45, 2.75) is 39.2 Å². The molecule has 4 rings (SSSR count). The summed E-state index contributed by atoms with van der Waals surface area (Å²) in [6, 6.07) is 22.8. The van der Waals surface area contributed by atoms with E-state index in [0.29, 0.717) is 18.5 Å². The van der Waals surface area contributed by atoms with Crippen molar-refractivity contribution in [1.29, 1.82) is 0 Å². The maximum Gasteiger partial charge on any atom is 0.332 e. The van der Waals surface area contributed by atoms with Crippen molar-refractivity contribution in [2.24, 2.45) is 0 Å². The molecule has 0 radical (unpaired) electrons. The summed E-state index contributed by atoms with van der Waals surface area (Å²) < 4.78 is 2.16. The maximum absolute atomic E-state index is 12.0. The lowest BCUT2D eigenvalue weighted by atomic mass is 10.0. The van der Waals surface area contributed by atoms with Crippen LogP contribution in [0.2, 0.25) is 0 Å². The minimum absolute atomic E-state index is 0.375. The van der Waals surface area contributed by atoms with Gasteiger partial charge >= 0.3 is 5.97 Å². The van der Waals surface area contributed by atoms with E-state index in [1.165, 1.54) is 11.1 Å². The number of hydrogen-bond donors (Lipinski definition) is 1. The van der Waals surface area contributed by atoms with Gasteiger partial charge in [-0.05, 0) is 40.6 Å². The lowest BCUT2D eigenvalue weighted by Gasteiger charge is -2.12. The minimum atomic E-state index is -0.890. The monoisotopic (exact) mass is 456 g/mol. The van der Waals surface area contributed by atoms with Gasteiger partial charge in [0.1, 0.15) is 5.82 Å². The lowest BCUT2D eigenvalue weighted by Crippen LogP contribution is -2.09. The molecule has 1 N–H and O–H groups in total. The van der Waals surface area contributed by atoms with Crippen LogP contribution in [0.4, 0.5) is 0 Å². The molecule has 0 atom stereocenters. The second-order valence-corrected chi connectivity index (χ2v) is 9.12. The van der Waals surface area contributed by atoms with Gasteiger partial charge in [0.05, 0.1) is 11.9 Å². The molecule has 4 aromatic rings. The molecule has 33 heavy (non-hydrogen) atoms. The molecular weight excluding hydrogens is 428 g/mol. The van der Waals surface area contributed by atoms with Gasteiger partial charge in [0.25, 0.3) is 0 Å². The summed E-state index contributed by atoms with van der Waals surface area (Å²) in [7, 11) is 0. The number of carboxylic acid groups (broad SMARTS) is 1. The third-order valence-electron chi connectivity index (χ3n) is 5.67. The first-order valence-electron chi connectivity index (χ1n) is 11.3. The number of unbranched alkanes of at least 4 members (excludes halogenated alkanes) is 1. The standard InChI is InChI=1S/C28H28N2O2S/c1-2-3-11-27-29-19-25(17-24(28(31)32)18-26-10-7-16-33-26)30(27)20-21-12-14-23(15-13-21)22-8-5-4-6-9-22/h4-10,12-17,19H,2-3,11,18,20H2,1H3,(H,31,32)/b24-17+. The van der Waals surface area contributed by atoms with Crippen molar-refractivity contribution in [3.63, 3.8) is 0 Å². The molecule has 2 heterocycles. The van der Waals surface area contributed by atoms with Gasteiger partial charge in [0.2, 0.25) is 0 Å². The summed E-state index contributed by atoms with van der Waals surface area (Å²) in [5.41, 5.74) is 4.75. The van der Waals surface area contributed by atoms with E-state index >= 15 is 0 Å². The Balaban J connectivity index is 1.63. The van der Waals surface area contributed by atoms with Crippen LogP contribution < -0.4 is 0 Å². The van der Waals surface area contributed by atoms with Crippen molar-refractivity contribution in [2.75, 3.05) is 0 Å². The van der Waals surface area contributed by atoms with Gasteiger partial charge in [0.15, 0.2) is 0 Å². The Kier molecular flexibility index (Phi) is 7.53. The van der Waals surface area contributed by atoms with Crippen LogP contribution in [0.5, 0.6) is 0 Å². The first-order chi connectivity index (χ1) is 16.1. The number of aromatic nitrogens is 2. The van der Waals surface area contributed by atoms with Crippen LogP contribution in [0.1, 0.15) is 41.7 Å². The van der Waals surface area contributed by atoms with E-state index < -0.39 is 5.97 Å². The Morgan fingerprint density at radius 2 is 1.79 bits per heavy atom. The highest BCUT2D eigenvalue weighted by atomic mass is 32.1. The quantitative estimate of drug-likeness (QED) is 0.270. The molecule has 0 aliphatic rings. The number of rotatable bonds is 10. The fraction of sp³-hybridized carbons (Fsp3) is 0.214. The first kappa shape index (κ1) is 22.7. The second kappa shape index (κ2) is 10.9. The molecule has 5 heteroatoms. The number of carboxylic acids is 1. The molecule has 0 bridgehead atoms. The Hall–Kier alpha value is -3.44. The largest absolute Gasteiger partial charge is 0.478 e. The predicted molar refractivity (Wildman–Crippen MR) is 135 cm³/mol. The van der Waals surface area contributed by atoms with Crippen LogP contribution in [-0.2, 0) is 24.2 Å². The molecule has 168 valence electrons. The average molecular weight is 457 g/mol. The van der Waals surface area contributed by atoms with Gasteiger partial charge in [-0.1, -0.05) is 74.0 Å². The fourth-order valence-electron chi connectivity index (χ4n) is 3.84. The number of thiophene rings is 1. The Morgan fingerprint density at radius 1 is 1.03 bits per heavy atom. The molecule has 0 saturated heterocycles. The number of imidazole rings is 1. The van der Waals surface area contributed by atoms with Gasteiger partial charge in [0, 0.05) is 29.8 Å². The molecule has 4 nitrogen and oxygen atoms in total. The molecule has 0 spiro atoms. The summed E-state index contributed by atoms with van der Waals surface area (Å²) in [6.07, 6.45) is 7.01. The number of nitrogens with zero attached hydrogens (tertiary/aromatic N) is 2. The zero-order valence-electron chi connectivity index (χ0n) is 18.8. The number of carbonyl (C=O) groups is 1. The number of benzene rings is 2. The highest BCUT2D eigenvalue weighted by molar-refractivity contribution is 7.09. The minimum Gasteiger partial charge on any atom is -0.478 e. The molecule has 0 fully saturated rings. The SMILES string of the molecule is CCCCc1ncc(/C=C(\Cc2cccs2)C(=O)O)n1Cc1ccc(-c2ccccc2)cc1. The third-order valence-corrected chi connectivity index (χ3v) is 6.54. The van der Waals surface area contributed by atoms with Crippen LogP contribution in [-0.4, -0.2) is 20.6 Å². The zero-order chi connectivity index (χ0) is 23.0. The molecule has 0 aliphatic heterocycles. The Bertz CT molecular complexity index is 1210. The van der Waals surface area contributed by atoms with Crippen molar-refractivity contribution in [1.82, 2.24) is 9.55 Å². The number of aliphatic carboxylic acids is 1. The predicted octanol–water partition coefficient (Wildman–Crippen LogP) is 6.71. The Morgan fingerprint density at radius 3 is 2.45 bits per heavy atom. The number of hydrogen-bond acceptors (Lipinski definition) is 3. The van der Waals surface area contributed by atoms with E-state index in [4.69, 9.17) is 0 Å². The van der Waals surface area contributed by atoms with Crippen molar-refractivity contribution in [3.05, 3.63) is 106 Å². The van der Waals surface area contributed by atoms with Crippen LogP contribution >= 0.6 is 11.3 Å². The van der Waals surface area contributed by atoms with Gasteiger partial charge in [-0.3, -0.25) is 0 Å². The molecule has 0 aliphatic carbocycles. The normalized spacial score (nSPS) is 11.6. The first-order valence-corrected chi connectivity index (χ1v) is 12.2. The maximum atomic E-state index is 12.0. The lowest BCUT2D eigenvalue weighted by molar-refractivity contribution is -0.132. The molecule has 0 amide bonds. The highest BCUT2D eigenvalue weighted by Gasteiger charge is 2.14. The summed E-state index contributed by atoms with van der Waals surface area (Å²) in [5, 5.41) is 11.8. The van der Waals surface area contributed by atoms with Gasteiger partial charge in [-0.2, -0.15) is 0 Å². The van der Waals surface area contributed by atoms with E-state index in [9.17, 15) is 9.90 Å². The molecule has 0 saturated carbocycles. The molecular formula is C28H28N2O2S. The summed E-state index contributed by atoms with van der Waals surface area (Å²) in [4.78, 5) is 17.6. The third kappa shape index (κ3) is 5.88. The highest BCUT2D eigenvalue weighted by Crippen LogP contribution is 2.22. The second-order valence-electron chi connectivity index (χ2n) is 8.08. The van der Waals surface area contributed by atoms with Crippen LogP contribution in [0.25, 0.3) is 17.2 Å². The van der Waals surface area contributed by atoms with Crippen LogP contribution in [0.15, 0.2) is 83.9 Å². The fourth-order valence-corrected chi connectivity index (χ4v) is 4.57. The van der Waals surface area contributed by atoms with Gasteiger partial charge in [-0.25, -0.2) is 9.78 Å². The van der Waals surface area contributed by atoms with E-state index in [1.807, 2.05) is 35.7 Å². The van der Waals surface area contributed by atoms with E-state index in [1.54, 1.807) is 23.6 Å². The molecule has 2 aromatic heterocycles. The van der Waals surface area contributed by atoms with Crippen molar-refractivity contribution < 1.29 is 9.90 Å². The summed E-state index contributed by atoms with van der Waals surface area (Å²) in [6.45, 7) is 2.83. The van der Waals surface area contributed by atoms with Gasteiger partial charge in [-0.15, -0.1) is 11.3 Å². The van der Waals surface area contributed by atoms with Crippen LogP contribution in [0.3, 0.4) is 0 Å².